The molecule has 14 nitrogen and oxygen atoms in total. The second kappa shape index (κ2) is 21.6. The Balaban J connectivity index is 0.00000468. The number of ether oxygens (including phenoxy) is 2. The van der Waals surface area contributed by atoms with Gasteiger partial charge in [-0.25, -0.2) is 16.8 Å². The molecular weight excluding hydrogens is 781 g/mol. The van der Waals surface area contributed by atoms with Gasteiger partial charge in [-0.3, -0.25) is 0 Å². The molecule has 4 aromatic rings. The summed E-state index contributed by atoms with van der Waals surface area (Å²) in [6, 6.07) is 19.9. The Morgan fingerprint density at radius 3 is 1.19 bits per heavy atom. The average Bonchev–Trinajstić information content (AvgIpc) is 3.10. The summed E-state index contributed by atoms with van der Waals surface area (Å²) in [5.74, 6) is 0.938. The second-order valence-corrected chi connectivity index (χ2v) is 13.6. The van der Waals surface area contributed by atoms with Gasteiger partial charge in [-0.05, 0) is 83.9 Å². The monoisotopic (exact) mass is 808 g/mol. The Morgan fingerprint density at radius 2 is 0.885 bits per heavy atom. The normalized spacial score (nSPS) is 13.1. The number of azo groups is 2. The van der Waals surface area contributed by atoms with E-state index in [0.29, 0.717) is 22.9 Å². The number of hydrogen-bond acceptors (Lipinski definition) is 14. The van der Waals surface area contributed by atoms with E-state index < -0.39 is 42.2 Å². The van der Waals surface area contributed by atoms with Crippen LogP contribution in [0.5, 0.6) is 11.5 Å². The quantitative estimate of drug-likeness (QED) is 0.0523. The van der Waals surface area contributed by atoms with Crippen molar-refractivity contribution in [3.05, 3.63) is 96.1 Å². The van der Waals surface area contributed by atoms with Crippen LogP contribution in [-0.2, 0) is 20.2 Å². The molecule has 0 amide bonds. The van der Waals surface area contributed by atoms with Crippen molar-refractivity contribution in [3.63, 3.8) is 0 Å². The zero-order valence-corrected chi connectivity index (χ0v) is 34.9. The Labute approximate surface area is 354 Å². The molecule has 0 bridgehead atoms. The molecule has 2 atom stereocenters. The van der Waals surface area contributed by atoms with E-state index in [2.05, 4.69) is 20.5 Å². The summed E-state index contributed by atoms with van der Waals surface area (Å²) in [6.07, 6.45) is 0.693. The van der Waals surface area contributed by atoms with E-state index in [9.17, 15) is 36.2 Å². The molecule has 4 aromatic carbocycles. The first-order valence-corrected chi connectivity index (χ1v) is 18.3. The third kappa shape index (κ3) is 14.5. The Bertz CT molecular complexity index is 1940. The van der Waals surface area contributed by atoms with E-state index >= 15 is 0 Å². The largest absolute Gasteiger partial charge is 1.00 e. The zero-order valence-electron chi connectivity index (χ0n) is 27.7. The van der Waals surface area contributed by atoms with Gasteiger partial charge in [0.25, 0.3) is 0 Å². The summed E-state index contributed by atoms with van der Waals surface area (Å²) in [7, 11) is -10.1. The van der Waals surface area contributed by atoms with Crippen molar-refractivity contribution >= 4 is 78.3 Å². The number of halogens is 2. The maximum atomic E-state index is 12.1. The van der Waals surface area contributed by atoms with Gasteiger partial charge in [-0.1, -0.05) is 24.3 Å². The minimum absolute atomic E-state index is 0. The van der Waals surface area contributed by atoms with Crippen LogP contribution in [0.2, 0.25) is 0 Å². The summed E-state index contributed by atoms with van der Waals surface area (Å²) in [6.45, 7) is 0.000772. The van der Waals surface area contributed by atoms with E-state index in [0.717, 1.165) is 12.1 Å². The average molecular weight is 810 g/mol. The molecule has 0 radical (unpaired) electrons. The molecule has 0 aliphatic carbocycles. The SMILES string of the molecule is O=S(=O)([O-])c1cc(N=Nc2ccc(OCC(O)CCl)cc2)ccc1C=Cc1ccc(N=Nc2ccc(OCC(O)CCl)cc2)cc1S(=O)(=O)[O-].[Na+].[Na+]. The maximum Gasteiger partial charge on any atom is 1.00 e. The van der Waals surface area contributed by atoms with Crippen LogP contribution in [0.3, 0.4) is 0 Å². The van der Waals surface area contributed by atoms with Crippen LogP contribution < -0.4 is 68.6 Å². The second-order valence-electron chi connectivity index (χ2n) is 10.3. The number of aliphatic hydroxyl groups excluding tert-OH is 2. The minimum Gasteiger partial charge on any atom is -0.744 e. The van der Waals surface area contributed by atoms with Crippen LogP contribution in [0.25, 0.3) is 12.2 Å². The number of nitrogens with zero attached hydrogens (tertiary/aromatic N) is 4. The first-order valence-electron chi connectivity index (χ1n) is 14.4. The van der Waals surface area contributed by atoms with Gasteiger partial charge in [0.2, 0.25) is 0 Å². The van der Waals surface area contributed by atoms with Crippen LogP contribution in [0, 0.1) is 0 Å². The first-order chi connectivity index (χ1) is 23.7. The molecule has 52 heavy (non-hydrogen) atoms. The zero-order chi connectivity index (χ0) is 36.3. The molecule has 264 valence electrons. The Hall–Kier alpha value is -2.26. The summed E-state index contributed by atoms with van der Waals surface area (Å²) in [5.41, 5.74) is 0.634. The summed E-state index contributed by atoms with van der Waals surface area (Å²) in [5, 5.41) is 35.0. The maximum absolute atomic E-state index is 12.1. The van der Waals surface area contributed by atoms with Crippen molar-refractivity contribution in [3.8, 4) is 11.5 Å². The topological polar surface area (TPSA) is 223 Å². The third-order valence-electron chi connectivity index (χ3n) is 6.45. The summed E-state index contributed by atoms with van der Waals surface area (Å²) < 4.78 is 83.5. The van der Waals surface area contributed by atoms with Gasteiger partial charge < -0.3 is 28.8 Å². The van der Waals surface area contributed by atoms with E-state index in [1.807, 2.05) is 0 Å². The van der Waals surface area contributed by atoms with Crippen LogP contribution in [0.15, 0.2) is 115 Å². The predicted octanol–water partition coefficient (Wildman–Crippen LogP) is 0.461. The molecule has 0 saturated carbocycles. The number of alkyl halides is 2. The van der Waals surface area contributed by atoms with Crippen LogP contribution in [0.1, 0.15) is 11.1 Å². The number of benzene rings is 4. The van der Waals surface area contributed by atoms with Crippen molar-refractivity contribution < 1.29 is 105 Å². The molecule has 2 unspecified atom stereocenters. The predicted molar refractivity (Wildman–Crippen MR) is 183 cm³/mol. The molecule has 20 heteroatoms. The van der Waals surface area contributed by atoms with E-state index in [1.165, 1.54) is 36.4 Å². The number of rotatable bonds is 16. The van der Waals surface area contributed by atoms with Crippen LogP contribution in [0.4, 0.5) is 22.7 Å². The van der Waals surface area contributed by atoms with Crippen LogP contribution in [-0.4, -0.2) is 73.3 Å². The molecule has 0 fully saturated rings. The minimum atomic E-state index is -5.04. The van der Waals surface area contributed by atoms with Crippen molar-refractivity contribution in [2.24, 2.45) is 20.5 Å². The molecule has 0 aromatic heterocycles. The molecule has 0 aliphatic heterocycles. The Kier molecular flexibility index (Phi) is 19.1. The first kappa shape index (κ1) is 45.9. The van der Waals surface area contributed by atoms with Gasteiger partial charge in [0, 0.05) is 0 Å². The van der Waals surface area contributed by atoms with Crippen molar-refractivity contribution in [2.45, 2.75) is 22.0 Å². The fourth-order valence-electron chi connectivity index (χ4n) is 3.98. The molecule has 2 N–H and O–H groups in total. The molecule has 0 saturated heterocycles. The van der Waals surface area contributed by atoms with Crippen molar-refractivity contribution in [1.82, 2.24) is 0 Å². The van der Waals surface area contributed by atoms with Gasteiger partial charge in [0.1, 0.15) is 57.2 Å². The fraction of sp³-hybridized carbons (Fsp3) is 0.188. The standard InChI is InChI=1S/C32H30Cl2N4O10S2.2Na/c33-17-27(39)19-47-29-11-7-23(8-12-29)35-37-25-5-3-21(31(15-25)49(41,42)43)1-2-22-4-6-26(16-32(22)50(44,45)46)38-36-24-9-13-30(14-10-24)48-20-28(40)18-34;;/h1-16,27-28,39-40H,17-20H2,(H,41,42,43)(H,44,45,46);;/q;2*+1/p-2. The molecule has 0 aliphatic rings. The van der Waals surface area contributed by atoms with E-state index in [4.69, 9.17) is 32.7 Å². The van der Waals surface area contributed by atoms with Crippen molar-refractivity contribution in [2.75, 3.05) is 25.0 Å². The van der Waals surface area contributed by atoms with Gasteiger partial charge in [0.15, 0.2) is 0 Å². The van der Waals surface area contributed by atoms with Crippen LogP contribution >= 0.6 is 23.2 Å². The van der Waals surface area contributed by atoms with E-state index in [-0.39, 0.29) is 107 Å². The number of hydrogen-bond donors (Lipinski definition) is 2. The molecule has 4 rings (SSSR count). The fourth-order valence-corrected chi connectivity index (χ4v) is 5.54. The van der Waals surface area contributed by atoms with Gasteiger partial charge in [-0.15, -0.1) is 23.2 Å². The molecule has 0 heterocycles. The summed E-state index contributed by atoms with van der Waals surface area (Å²) in [4.78, 5) is -1.31. The van der Waals surface area contributed by atoms with E-state index in [1.54, 1.807) is 48.5 Å². The summed E-state index contributed by atoms with van der Waals surface area (Å²) >= 11 is 11.1. The third-order valence-corrected chi connectivity index (χ3v) is 8.95. The van der Waals surface area contributed by atoms with Gasteiger partial charge >= 0.3 is 59.1 Å². The van der Waals surface area contributed by atoms with Crippen molar-refractivity contribution in [1.29, 1.82) is 0 Å². The molecular formula is C32H28Cl2N4Na2O10S2. The van der Waals surface area contributed by atoms with Gasteiger partial charge in [0.05, 0.1) is 44.3 Å². The molecule has 0 spiro atoms. The van der Waals surface area contributed by atoms with Gasteiger partial charge in [-0.2, -0.15) is 20.5 Å². The number of aliphatic hydroxyl groups is 2. The Morgan fingerprint density at radius 1 is 0.577 bits per heavy atom. The smallest absolute Gasteiger partial charge is 0.744 e.